The van der Waals surface area contributed by atoms with Gasteiger partial charge in [0.25, 0.3) is 0 Å². The van der Waals surface area contributed by atoms with Crippen molar-refractivity contribution < 1.29 is 0 Å². The molecule has 2 aliphatic heterocycles. The van der Waals surface area contributed by atoms with Gasteiger partial charge in [-0.25, -0.2) is 0 Å². The van der Waals surface area contributed by atoms with Crippen LogP contribution in [0.4, 0.5) is 0 Å². The van der Waals surface area contributed by atoms with Crippen molar-refractivity contribution in [3.8, 4) is 0 Å². The predicted octanol–water partition coefficient (Wildman–Crippen LogP) is 3.18. The van der Waals surface area contributed by atoms with E-state index in [-0.39, 0.29) is 41.4 Å². The molecule has 0 aromatic rings. The molecule has 0 bridgehead atoms. The third-order valence-corrected chi connectivity index (χ3v) is 7.48. The molecule has 0 fully saturated rings. The summed E-state index contributed by atoms with van der Waals surface area (Å²) < 4.78 is 6.36. The molecule has 0 spiro atoms. The average molecular weight is 453 g/mol. The van der Waals surface area contributed by atoms with Gasteiger partial charge in [0.05, 0.1) is 0 Å². The summed E-state index contributed by atoms with van der Waals surface area (Å²) in [5.74, 6) is 0. The zero-order valence-electron chi connectivity index (χ0n) is 10.7. The molecule has 0 N–H and O–H groups in total. The quantitative estimate of drug-likeness (QED) is 0.537. The molecule has 0 unspecified atom stereocenters. The molecule has 0 saturated carbocycles. The molecule has 2 heteroatoms. The second-order valence-electron chi connectivity index (χ2n) is 4.37. The molecular formula is C15H17Te2. The Kier molecular flexibility index (Phi) is 4.68. The number of allylic oxidation sites excluding steroid dienone is 10. The van der Waals surface area contributed by atoms with Gasteiger partial charge >= 0.3 is 125 Å². The van der Waals surface area contributed by atoms with Gasteiger partial charge in [-0.2, -0.15) is 0 Å². The van der Waals surface area contributed by atoms with Crippen LogP contribution in [-0.2, 0) is 0 Å². The molecule has 0 saturated heterocycles. The minimum atomic E-state index is -0.00773. The van der Waals surface area contributed by atoms with Gasteiger partial charge < -0.3 is 0 Å². The van der Waals surface area contributed by atoms with Crippen molar-refractivity contribution in [1.29, 1.82) is 0 Å². The number of rotatable bonds is 1. The molecule has 0 nitrogen and oxygen atoms in total. The first-order valence-electron chi connectivity index (χ1n) is 5.70. The Morgan fingerprint density at radius 1 is 0.824 bits per heavy atom. The molecule has 2 heterocycles. The Labute approximate surface area is 124 Å². The SMILES string of the molecule is CC1=CC(=CC2=CC(C)=[Te]C(C)=C2)C=C(C)[Te]1. The molecule has 2 rings (SSSR count). The van der Waals surface area contributed by atoms with Crippen LogP contribution in [0.1, 0.15) is 27.7 Å². The van der Waals surface area contributed by atoms with Gasteiger partial charge in [0.15, 0.2) is 0 Å². The van der Waals surface area contributed by atoms with E-state index in [1.54, 1.807) is 14.4 Å². The molecule has 2 aliphatic rings. The topological polar surface area (TPSA) is 0 Å². The Morgan fingerprint density at radius 3 is 2.06 bits per heavy atom. The summed E-state index contributed by atoms with van der Waals surface area (Å²) in [6.07, 6.45) is 11.8. The maximum absolute atomic E-state index is 2.36. The fourth-order valence-corrected chi connectivity index (χ4v) is 7.13. The van der Waals surface area contributed by atoms with E-state index in [2.05, 4.69) is 58.1 Å². The van der Waals surface area contributed by atoms with E-state index >= 15 is 0 Å². The van der Waals surface area contributed by atoms with Crippen LogP contribution in [0.2, 0.25) is 0 Å². The Hall–Kier alpha value is 0.149. The molecular weight excluding hydrogens is 435 g/mol. The van der Waals surface area contributed by atoms with Gasteiger partial charge in [0.1, 0.15) is 0 Å². The van der Waals surface area contributed by atoms with Crippen molar-refractivity contribution in [2.24, 2.45) is 0 Å². The van der Waals surface area contributed by atoms with E-state index in [1.165, 1.54) is 11.1 Å². The van der Waals surface area contributed by atoms with Crippen molar-refractivity contribution in [3.63, 3.8) is 0 Å². The van der Waals surface area contributed by atoms with Crippen LogP contribution in [0, 0.1) is 0 Å². The zero-order valence-corrected chi connectivity index (χ0v) is 15.4. The van der Waals surface area contributed by atoms with Crippen LogP contribution >= 0.6 is 0 Å². The molecule has 0 amide bonds. The molecule has 0 aromatic carbocycles. The monoisotopic (exact) mass is 457 g/mol. The first-order valence-corrected chi connectivity index (χ1v) is 10.4. The van der Waals surface area contributed by atoms with E-state index in [4.69, 9.17) is 0 Å². The first kappa shape index (κ1) is 13.6. The molecule has 0 aliphatic carbocycles. The van der Waals surface area contributed by atoms with E-state index in [1.807, 2.05) is 0 Å². The van der Waals surface area contributed by atoms with Crippen LogP contribution in [0.25, 0.3) is 0 Å². The van der Waals surface area contributed by atoms with Gasteiger partial charge in [-0.3, -0.25) is 0 Å². The van der Waals surface area contributed by atoms with Gasteiger partial charge in [0.2, 0.25) is 0 Å². The van der Waals surface area contributed by atoms with Crippen LogP contribution in [0.3, 0.4) is 0 Å². The minimum absolute atomic E-state index is 0.00773. The fraction of sp³-hybridized carbons (Fsp3) is 0.267. The standard InChI is InChI=1S/C15H17Te2/c1-10-5-14(6-11(2)16-10)9-15-7-12(3)17-13(4)8-15/h5-9H,1-4H3. The van der Waals surface area contributed by atoms with E-state index < -0.39 is 0 Å². The summed E-state index contributed by atoms with van der Waals surface area (Å²) in [4.78, 5) is 0. The summed E-state index contributed by atoms with van der Waals surface area (Å²) in [5.41, 5.74) is 2.75. The summed E-state index contributed by atoms with van der Waals surface area (Å²) in [7, 11) is 0. The van der Waals surface area contributed by atoms with E-state index in [9.17, 15) is 0 Å². The van der Waals surface area contributed by atoms with Crippen molar-refractivity contribution in [3.05, 3.63) is 52.4 Å². The van der Waals surface area contributed by atoms with Crippen LogP contribution in [-0.4, -0.2) is 44.9 Å². The van der Waals surface area contributed by atoms with Gasteiger partial charge in [-0.15, -0.1) is 0 Å². The molecule has 1 radical (unpaired) electrons. The van der Waals surface area contributed by atoms with Crippen molar-refractivity contribution >= 4 is 44.9 Å². The Morgan fingerprint density at radius 2 is 1.47 bits per heavy atom. The first-order chi connectivity index (χ1) is 8.02. The predicted molar refractivity (Wildman–Crippen MR) is 79.6 cm³/mol. The number of hydrogen-bond acceptors (Lipinski definition) is 0. The summed E-state index contributed by atoms with van der Waals surface area (Å²) >= 11 is -0.0155. The Balaban J connectivity index is 2.33. The summed E-state index contributed by atoms with van der Waals surface area (Å²) in [6, 6.07) is 0. The van der Waals surface area contributed by atoms with Crippen molar-refractivity contribution in [2.45, 2.75) is 27.7 Å². The third-order valence-electron chi connectivity index (χ3n) is 2.46. The van der Waals surface area contributed by atoms with Crippen LogP contribution in [0.5, 0.6) is 0 Å². The molecule has 0 aromatic heterocycles. The molecule has 17 heavy (non-hydrogen) atoms. The van der Waals surface area contributed by atoms with Crippen molar-refractivity contribution in [1.82, 2.24) is 0 Å². The molecule has 0 atom stereocenters. The zero-order chi connectivity index (χ0) is 12.4. The maximum atomic E-state index is 2.36. The van der Waals surface area contributed by atoms with Gasteiger partial charge in [-0.05, 0) is 0 Å². The Bertz CT molecular complexity index is 500. The second kappa shape index (κ2) is 5.86. The third kappa shape index (κ3) is 4.08. The summed E-state index contributed by atoms with van der Waals surface area (Å²) in [5, 5.41) is 0. The van der Waals surface area contributed by atoms with Crippen LogP contribution < -0.4 is 0 Å². The van der Waals surface area contributed by atoms with E-state index in [0.717, 1.165) is 0 Å². The summed E-state index contributed by atoms with van der Waals surface area (Å²) in [6.45, 7) is 9.08. The van der Waals surface area contributed by atoms with Gasteiger partial charge in [0, 0.05) is 0 Å². The van der Waals surface area contributed by atoms with Gasteiger partial charge in [-0.1, -0.05) is 0 Å². The van der Waals surface area contributed by atoms with Crippen molar-refractivity contribution in [2.75, 3.05) is 0 Å². The fourth-order valence-electron chi connectivity index (χ4n) is 2.01. The normalized spacial score (nSPS) is 20.0. The average Bonchev–Trinajstić information content (AvgIpc) is 2.13. The van der Waals surface area contributed by atoms with Crippen LogP contribution in [0.15, 0.2) is 52.4 Å². The number of hydrogen-bond donors (Lipinski definition) is 0. The van der Waals surface area contributed by atoms with E-state index in [0.29, 0.717) is 0 Å². The second-order valence-corrected chi connectivity index (χ2v) is 12.9. The molecule has 89 valence electrons.